The minimum Gasteiger partial charge on any atom is -0.480 e. The van der Waals surface area contributed by atoms with Crippen molar-refractivity contribution in [2.75, 3.05) is 20.3 Å². The average Bonchev–Trinajstić information content (AvgIpc) is 3.28. The number of ether oxygens (including phenoxy) is 1. The van der Waals surface area contributed by atoms with Crippen LogP contribution in [0.25, 0.3) is 0 Å². The van der Waals surface area contributed by atoms with Gasteiger partial charge in [0.05, 0.1) is 0 Å². The van der Waals surface area contributed by atoms with Crippen LogP contribution in [-0.2, 0) is 9.53 Å². The summed E-state index contributed by atoms with van der Waals surface area (Å²) in [5, 5.41) is 14.7. The Morgan fingerprint density at radius 3 is 2.50 bits per heavy atom. The number of rotatable bonds is 8. The second-order valence-corrected chi connectivity index (χ2v) is 6.33. The van der Waals surface area contributed by atoms with Crippen LogP contribution in [-0.4, -0.2) is 42.9 Å². The van der Waals surface area contributed by atoms with E-state index in [2.05, 4.69) is 10.6 Å². The molecular formula is C14H24N2O4. The number of carbonyl (C=O) groups excluding carboxylic acids is 1. The number of urea groups is 1. The molecule has 2 aliphatic carbocycles. The van der Waals surface area contributed by atoms with Crippen molar-refractivity contribution in [3.8, 4) is 0 Å². The molecule has 0 radical (unpaired) electrons. The molecule has 0 aromatic carbocycles. The monoisotopic (exact) mass is 284 g/mol. The molecule has 2 amide bonds. The highest BCUT2D eigenvalue weighted by Gasteiger charge is 2.49. The standard InChI is InChI=1S/C14H24N2O4/c1-13(11(17)18,10-3-4-10)16-12(19)15-9-14(5-6-14)7-8-20-2/h10H,3-9H2,1-2H3,(H,17,18)(H2,15,16,19). The average molecular weight is 284 g/mol. The number of carboxylic acid groups (broad SMARTS) is 1. The van der Waals surface area contributed by atoms with E-state index in [9.17, 15) is 14.7 Å². The Morgan fingerprint density at radius 1 is 1.40 bits per heavy atom. The molecule has 2 saturated carbocycles. The van der Waals surface area contributed by atoms with Crippen LogP contribution in [0.2, 0.25) is 0 Å². The fraction of sp³-hybridized carbons (Fsp3) is 0.857. The van der Waals surface area contributed by atoms with Gasteiger partial charge < -0.3 is 20.5 Å². The Bertz CT molecular complexity index is 391. The van der Waals surface area contributed by atoms with Gasteiger partial charge in [-0.25, -0.2) is 9.59 Å². The van der Waals surface area contributed by atoms with Crippen molar-refractivity contribution in [1.82, 2.24) is 10.6 Å². The number of methoxy groups -OCH3 is 1. The smallest absolute Gasteiger partial charge is 0.329 e. The number of nitrogens with one attached hydrogen (secondary N) is 2. The Kier molecular flexibility index (Phi) is 4.22. The number of aliphatic carboxylic acids is 1. The van der Waals surface area contributed by atoms with Crippen molar-refractivity contribution < 1.29 is 19.4 Å². The maximum atomic E-state index is 11.9. The molecule has 2 rings (SSSR count). The summed E-state index contributed by atoms with van der Waals surface area (Å²) >= 11 is 0. The summed E-state index contributed by atoms with van der Waals surface area (Å²) in [5.41, 5.74) is -0.986. The molecular weight excluding hydrogens is 260 g/mol. The minimum absolute atomic E-state index is 0.0501. The highest BCUT2D eigenvalue weighted by Crippen LogP contribution is 2.48. The number of carbonyl (C=O) groups is 2. The lowest BCUT2D eigenvalue weighted by atomic mass is 9.96. The van der Waals surface area contributed by atoms with E-state index < -0.39 is 11.5 Å². The first-order chi connectivity index (χ1) is 9.42. The van der Waals surface area contributed by atoms with Gasteiger partial charge in [0.2, 0.25) is 0 Å². The van der Waals surface area contributed by atoms with E-state index in [1.165, 1.54) is 0 Å². The normalized spacial score (nSPS) is 22.7. The lowest BCUT2D eigenvalue weighted by Gasteiger charge is -2.27. The van der Waals surface area contributed by atoms with Gasteiger partial charge in [-0.3, -0.25) is 0 Å². The number of carboxylic acids is 1. The molecule has 6 heteroatoms. The molecule has 0 bridgehead atoms. The second kappa shape index (κ2) is 5.60. The Hall–Kier alpha value is -1.30. The van der Waals surface area contributed by atoms with E-state index >= 15 is 0 Å². The van der Waals surface area contributed by atoms with Crippen molar-refractivity contribution in [2.45, 2.75) is 44.6 Å². The molecule has 1 atom stereocenters. The first-order valence-electron chi connectivity index (χ1n) is 7.20. The van der Waals surface area contributed by atoms with Gasteiger partial charge in [0, 0.05) is 20.3 Å². The Balaban J connectivity index is 1.79. The van der Waals surface area contributed by atoms with Gasteiger partial charge in [0.25, 0.3) is 0 Å². The molecule has 0 aromatic heterocycles. The van der Waals surface area contributed by atoms with Gasteiger partial charge in [0.15, 0.2) is 0 Å². The molecule has 6 nitrogen and oxygen atoms in total. The summed E-state index contributed by atoms with van der Waals surface area (Å²) in [6.45, 7) is 2.87. The zero-order valence-corrected chi connectivity index (χ0v) is 12.2. The van der Waals surface area contributed by atoms with Crippen LogP contribution < -0.4 is 10.6 Å². The fourth-order valence-corrected chi connectivity index (χ4v) is 2.55. The molecule has 2 aliphatic rings. The molecule has 3 N–H and O–H groups in total. The molecule has 1 unspecified atom stereocenters. The molecule has 0 heterocycles. The maximum Gasteiger partial charge on any atom is 0.329 e. The van der Waals surface area contributed by atoms with Crippen LogP contribution in [0.5, 0.6) is 0 Å². The van der Waals surface area contributed by atoms with E-state index in [1.807, 2.05) is 0 Å². The summed E-state index contributed by atoms with van der Waals surface area (Å²) in [4.78, 5) is 23.3. The minimum atomic E-state index is -1.15. The predicted octanol–water partition coefficient (Wildman–Crippen LogP) is 1.36. The summed E-state index contributed by atoms with van der Waals surface area (Å²) < 4.78 is 5.07. The van der Waals surface area contributed by atoms with Gasteiger partial charge in [0.1, 0.15) is 5.54 Å². The van der Waals surface area contributed by atoms with Crippen LogP contribution in [0.1, 0.15) is 39.0 Å². The summed E-state index contributed by atoms with van der Waals surface area (Å²) in [5.74, 6) is -0.912. The van der Waals surface area contributed by atoms with Crippen LogP contribution in [0, 0.1) is 11.3 Å². The quantitative estimate of drug-likeness (QED) is 0.628. The van der Waals surface area contributed by atoms with E-state index in [1.54, 1.807) is 14.0 Å². The molecule has 0 aliphatic heterocycles. The lowest BCUT2D eigenvalue weighted by Crippen LogP contribution is -2.57. The van der Waals surface area contributed by atoms with Gasteiger partial charge in [-0.2, -0.15) is 0 Å². The van der Waals surface area contributed by atoms with Crippen molar-refractivity contribution >= 4 is 12.0 Å². The zero-order chi connectivity index (χ0) is 14.8. The van der Waals surface area contributed by atoms with Gasteiger partial charge in [-0.05, 0) is 50.4 Å². The molecule has 0 spiro atoms. The van der Waals surface area contributed by atoms with E-state index in [0.717, 1.165) is 32.1 Å². The predicted molar refractivity (Wildman–Crippen MR) is 73.5 cm³/mol. The van der Waals surface area contributed by atoms with Gasteiger partial charge >= 0.3 is 12.0 Å². The van der Waals surface area contributed by atoms with Crippen molar-refractivity contribution in [1.29, 1.82) is 0 Å². The molecule has 0 aromatic rings. The highest BCUT2D eigenvalue weighted by molar-refractivity contribution is 5.86. The highest BCUT2D eigenvalue weighted by atomic mass is 16.5. The molecule has 114 valence electrons. The van der Waals surface area contributed by atoms with Gasteiger partial charge in [-0.15, -0.1) is 0 Å². The summed E-state index contributed by atoms with van der Waals surface area (Å²) in [6, 6.07) is -0.384. The van der Waals surface area contributed by atoms with Crippen molar-refractivity contribution in [3.05, 3.63) is 0 Å². The zero-order valence-electron chi connectivity index (χ0n) is 12.2. The Morgan fingerprint density at radius 2 is 2.05 bits per heavy atom. The van der Waals surface area contributed by atoms with Crippen molar-refractivity contribution in [3.63, 3.8) is 0 Å². The van der Waals surface area contributed by atoms with Crippen LogP contribution in [0.3, 0.4) is 0 Å². The topological polar surface area (TPSA) is 87.7 Å². The van der Waals surface area contributed by atoms with E-state index in [0.29, 0.717) is 13.2 Å². The largest absolute Gasteiger partial charge is 0.480 e. The fourth-order valence-electron chi connectivity index (χ4n) is 2.55. The summed E-state index contributed by atoms with van der Waals surface area (Å²) in [7, 11) is 1.67. The maximum absolute atomic E-state index is 11.9. The first kappa shape index (κ1) is 15.1. The number of hydrogen-bond donors (Lipinski definition) is 3. The summed E-state index contributed by atoms with van der Waals surface area (Å²) in [6.07, 6.45) is 4.84. The van der Waals surface area contributed by atoms with Gasteiger partial charge in [-0.1, -0.05) is 0 Å². The third-order valence-electron chi connectivity index (χ3n) is 4.63. The van der Waals surface area contributed by atoms with Crippen molar-refractivity contribution in [2.24, 2.45) is 11.3 Å². The third kappa shape index (κ3) is 3.42. The van der Waals surface area contributed by atoms with Crippen LogP contribution in [0.15, 0.2) is 0 Å². The Labute approximate surface area is 119 Å². The SMILES string of the molecule is COCCC1(CNC(=O)NC(C)(C(=O)O)C2CC2)CC1. The second-order valence-electron chi connectivity index (χ2n) is 6.33. The van der Waals surface area contributed by atoms with E-state index in [4.69, 9.17) is 4.74 Å². The molecule has 2 fully saturated rings. The van der Waals surface area contributed by atoms with Crippen LogP contribution in [0.4, 0.5) is 4.79 Å². The first-order valence-corrected chi connectivity index (χ1v) is 7.20. The lowest BCUT2D eigenvalue weighted by molar-refractivity contribution is -0.144. The number of amides is 2. The molecule has 0 saturated heterocycles. The van der Waals surface area contributed by atoms with E-state index in [-0.39, 0.29) is 17.4 Å². The number of hydrogen-bond acceptors (Lipinski definition) is 3. The third-order valence-corrected chi connectivity index (χ3v) is 4.63. The van der Waals surface area contributed by atoms with Crippen LogP contribution >= 0.6 is 0 Å². The molecule has 20 heavy (non-hydrogen) atoms.